The summed E-state index contributed by atoms with van der Waals surface area (Å²) < 4.78 is 13.8. The summed E-state index contributed by atoms with van der Waals surface area (Å²) in [5.74, 6) is 2.34. The molecule has 0 saturated heterocycles. The van der Waals surface area contributed by atoms with Crippen LogP contribution in [0.5, 0.6) is 11.5 Å². The normalized spacial score (nSPS) is 12.1. The molecule has 1 unspecified atom stereocenters. The lowest BCUT2D eigenvalue weighted by molar-refractivity contribution is 0.0917. The highest BCUT2D eigenvalue weighted by Gasteiger charge is 2.15. The molecule has 31 heavy (non-hydrogen) atoms. The van der Waals surface area contributed by atoms with Crippen LogP contribution in [-0.2, 0) is 13.2 Å². The van der Waals surface area contributed by atoms with Gasteiger partial charge in [0.2, 0.25) is 0 Å². The van der Waals surface area contributed by atoms with Gasteiger partial charge in [-0.25, -0.2) is 4.98 Å². The third-order valence-corrected chi connectivity index (χ3v) is 5.15. The number of hydrogen-bond acceptors (Lipinski definition) is 4. The van der Waals surface area contributed by atoms with Crippen LogP contribution in [0.25, 0.3) is 11.0 Å². The molecule has 1 aromatic heterocycles. The van der Waals surface area contributed by atoms with Gasteiger partial charge in [0.05, 0.1) is 17.6 Å². The number of aliphatic hydroxyl groups is 1. The van der Waals surface area contributed by atoms with Gasteiger partial charge in [-0.05, 0) is 68.3 Å². The fraction of sp³-hybridized carbons (Fsp3) is 0.269. The van der Waals surface area contributed by atoms with Crippen molar-refractivity contribution >= 4 is 11.0 Å². The average Bonchev–Trinajstić information content (AvgIpc) is 3.09. The predicted octanol–water partition coefficient (Wildman–Crippen LogP) is 4.98. The van der Waals surface area contributed by atoms with Crippen LogP contribution in [0, 0.1) is 20.8 Å². The Morgan fingerprint density at radius 1 is 0.839 bits per heavy atom. The first-order valence-electron chi connectivity index (χ1n) is 10.5. The molecule has 1 N–H and O–H groups in total. The third kappa shape index (κ3) is 5.25. The number of rotatable bonds is 8. The van der Waals surface area contributed by atoms with Crippen LogP contribution in [0.1, 0.15) is 22.5 Å². The van der Waals surface area contributed by atoms with Crippen molar-refractivity contribution < 1.29 is 14.6 Å². The number of fused-ring (bicyclic) bond motifs is 1. The van der Waals surface area contributed by atoms with Crippen molar-refractivity contribution in [1.29, 1.82) is 0 Å². The summed E-state index contributed by atoms with van der Waals surface area (Å²) in [5.41, 5.74) is 5.32. The molecule has 4 aromatic rings. The van der Waals surface area contributed by atoms with Gasteiger partial charge in [-0.2, -0.15) is 0 Å². The number of aryl methyl sites for hydroxylation is 3. The van der Waals surface area contributed by atoms with E-state index in [-0.39, 0.29) is 6.61 Å². The fourth-order valence-corrected chi connectivity index (χ4v) is 3.69. The lowest BCUT2D eigenvalue weighted by atomic mass is 10.1. The average molecular weight is 417 g/mol. The number of hydrogen-bond donors (Lipinski definition) is 1. The highest BCUT2D eigenvalue weighted by Crippen LogP contribution is 2.20. The molecule has 0 aliphatic carbocycles. The SMILES string of the molecule is Cc1ccc(OCc2nc3ccccc3n2CC(O)COc2cc(C)cc(C)c2)cc1. The first-order chi connectivity index (χ1) is 15.0. The van der Waals surface area contributed by atoms with Crippen LogP contribution in [0.15, 0.2) is 66.7 Å². The summed E-state index contributed by atoms with van der Waals surface area (Å²) in [5, 5.41) is 10.7. The van der Waals surface area contributed by atoms with E-state index >= 15 is 0 Å². The Hall–Kier alpha value is -3.31. The summed E-state index contributed by atoms with van der Waals surface area (Å²) in [6.45, 7) is 7.02. The zero-order valence-electron chi connectivity index (χ0n) is 18.2. The summed E-state index contributed by atoms with van der Waals surface area (Å²) in [6.07, 6.45) is -0.684. The first kappa shape index (κ1) is 20.9. The second kappa shape index (κ2) is 9.23. The molecule has 0 bridgehead atoms. The number of aliphatic hydroxyl groups excluding tert-OH is 1. The molecule has 0 aliphatic rings. The van der Waals surface area contributed by atoms with E-state index in [1.165, 1.54) is 5.56 Å². The van der Waals surface area contributed by atoms with Crippen molar-refractivity contribution in [2.24, 2.45) is 0 Å². The van der Waals surface area contributed by atoms with Crippen molar-refractivity contribution in [1.82, 2.24) is 9.55 Å². The Morgan fingerprint density at radius 2 is 1.55 bits per heavy atom. The molecule has 0 radical (unpaired) electrons. The molecule has 1 heterocycles. The molecule has 4 rings (SSSR count). The van der Waals surface area contributed by atoms with E-state index in [1.54, 1.807) is 0 Å². The molecule has 5 heteroatoms. The summed E-state index contributed by atoms with van der Waals surface area (Å²) >= 11 is 0. The van der Waals surface area contributed by atoms with Gasteiger partial charge >= 0.3 is 0 Å². The van der Waals surface area contributed by atoms with Crippen LogP contribution in [-0.4, -0.2) is 27.4 Å². The second-order valence-electron chi connectivity index (χ2n) is 8.02. The van der Waals surface area contributed by atoms with Gasteiger partial charge in [0.25, 0.3) is 0 Å². The molecule has 5 nitrogen and oxygen atoms in total. The van der Waals surface area contributed by atoms with Crippen molar-refractivity contribution in [3.63, 3.8) is 0 Å². The van der Waals surface area contributed by atoms with E-state index in [1.807, 2.05) is 86.0 Å². The van der Waals surface area contributed by atoms with E-state index in [4.69, 9.17) is 14.5 Å². The van der Waals surface area contributed by atoms with Crippen LogP contribution >= 0.6 is 0 Å². The van der Waals surface area contributed by atoms with Gasteiger partial charge in [0.15, 0.2) is 0 Å². The van der Waals surface area contributed by atoms with Crippen LogP contribution < -0.4 is 9.47 Å². The number of nitrogens with zero attached hydrogens (tertiary/aromatic N) is 2. The van der Waals surface area contributed by atoms with Crippen molar-refractivity contribution in [3.05, 3.63) is 89.2 Å². The van der Waals surface area contributed by atoms with Crippen molar-refractivity contribution in [2.45, 2.75) is 40.0 Å². The molecule has 0 fully saturated rings. The Labute approximate surface area is 182 Å². The van der Waals surface area contributed by atoms with Gasteiger partial charge in [-0.3, -0.25) is 0 Å². The summed E-state index contributed by atoms with van der Waals surface area (Å²) in [7, 11) is 0. The predicted molar refractivity (Wildman–Crippen MR) is 123 cm³/mol. The Kier molecular flexibility index (Phi) is 6.23. The van der Waals surface area contributed by atoms with Crippen molar-refractivity contribution in [3.8, 4) is 11.5 Å². The minimum absolute atomic E-state index is 0.202. The van der Waals surface area contributed by atoms with Gasteiger partial charge in [-0.15, -0.1) is 0 Å². The van der Waals surface area contributed by atoms with E-state index in [2.05, 4.69) is 6.07 Å². The monoisotopic (exact) mass is 416 g/mol. The van der Waals surface area contributed by atoms with E-state index in [9.17, 15) is 5.11 Å². The van der Waals surface area contributed by atoms with Gasteiger partial charge in [0, 0.05) is 0 Å². The molecule has 3 aromatic carbocycles. The van der Waals surface area contributed by atoms with E-state index in [0.717, 1.165) is 39.5 Å². The number of imidazole rings is 1. The van der Waals surface area contributed by atoms with Crippen LogP contribution in [0.3, 0.4) is 0 Å². The third-order valence-electron chi connectivity index (χ3n) is 5.15. The number of benzene rings is 3. The van der Waals surface area contributed by atoms with Gasteiger partial charge in [-0.1, -0.05) is 35.9 Å². The minimum Gasteiger partial charge on any atom is -0.491 e. The molecule has 0 aliphatic heterocycles. The Bertz CT molecular complexity index is 1140. The van der Waals surface area contributed by atoms with E-state index < -0.39 is 6.10 Å². The summed E-state index contributed by atoms with van der Waals surface area (Å²) in [6, 6.07) is 21.9. The van der Waals surface area contributed by atoms with Crippen LogP contribution in [0.4, 0.5) is 0 Å². The molecule has 0 spiro atoms. The quantitative estimate of drug-likeness (QED) is 0.440. The number of para-hydroxylation sites is 2. The Morgan fingerprint density at radius 3 is 2.29 bits per heavy atom. The number of ether oxygens (including phenoxy) is 2. The maximum Gasteiger partial charge on any atom is 0.148 e. The van der Waals surface area contributed by atoms with Gasteiger partial charge < -0.3 is 19.1 Å². The Balaban J connectivity index is 1.48. The molecule has 160 valence electrons. The van der Waals surface area contributed by atoms with Crippen molar-refractivity contribution in [2.75, 3.05) is 6.61 Å². The maximum atomic E-state index is 10.7. The molecular weight excluding hydrogens is 388 g/mol. The fourth-order valence-electron chi connectivity index (χ4n) is 3.69. The molecular formula is C26H28N2O3. The zero-order valence-corrected chi connectivity index (χ0v) is 18.2. The van der Waals surface area contributed by atoms with Gasteiger partial charge in [0.1, 0.15) is 36.6 Å². The standard InChI is InChI=1S/C26H28N2O3/c1-18-8-10-22(11-9-18)31-17-26-27-24-6-4-5-7-25(24)28(26)15-21(29)16-30-23-13-19(2)12-20(3)14-23/h4-14,21,29H,15-17H2,1-3H3. The highest BCUT2D eigenvalue weighted by atomic mass is 16.5. The lowest BCUT2D eigenvalue weighted by Gasteiger charge is -2.16. The zero-order chi connectivity index (χ0) is 21.8. The lowest BCUT2D eigenvalue weighted by Crippen LogP contribution is -2.25. The topological polar surface area (TPSA) is 56.5 Å². The first-order valence-corrected chi connectivity index (χ1v) is 10.5. The largest absolute Gasteiger partial charge is 0.491 e. The molecule has 0 saturated carbocycles. The minimum atomic E-state index is -0.684. The maximum absolute atomic E-state index is 10.7. The number of aromatic nitrogens is 2. The second-order valence-corrected chi connectivity index (χ2v) is 8.02. The highest BCUT2D eigenvalue weighted by molar-refractivity contribution is 5.75. The smallest absolute Gasteiger partial charge is 0.148 e. The summed E-state index contributed by atoms with van der Waals surface area (Å²) in [4.78, 5) is 4.73. The van der Waals surface area contributed by atoms with E-state index in [0.29, 0.717) is 13.2 Å². The molecule has 1 atom stereocenters. The molecule has 0 amide bonds. The van der Waals surface area contributed by atoms with Crippen LogP contribution in [0.2, 0.25) is 0 Å².